The maximum atomic E-state index is 13.9. The zero-order chi connectivity index (χ0) is 14.5. The van der Waals surface area contributed by atoms with Gasteiger partial charge in [-0.3, -0.25) is 0 Å². The monoisotopic (exact) mass is 337 g/mol. The third-order valence-corrected chi connectivity index (χ3v) is 3.31. The van der Waals surface area contributed by atoms with Crippen LogP contribution in [-0.4, -0.2) is 11.0 Å². The van der Waals surface area contributed by atoms with E-state index in [1.54, 1.807) is 12.1 Å². The number of nitrogens with zero attached hydrogens (tertiary/aromatic N) is 1. The summed E-state index contributed by atoms with van der Waals surface area (Å²) in [7, 11) is 0. The predicted molar refractivity (Wildman–Crippen MR) is 80.4 cm³/mol. The molecule has 2 rings (SSSR count). The van der Waals surface area contributed by atoms with E-state index in [2.05, 4.69) is 26.4 Å². The van der Waals surface area contributed by atoms with Crippen molar-refractivity contribution in [3.05, 3.63) is 63.9 Å². The Kier molecular flexibility index (Phi) is 4.57. The summed E-state index contributed by atoms with van der Waals surface area (Å²) in [5, 5.41) is 14.5. The van der Waals surface area contributed by atoms with Gasteiger partial charge in [0.05, 0.1) is 0 Å². The number of benzene rings is 2. The topological polar surface area (TPSA) is 70.6 Å². The summed E-state index contributed by atoms with van der Waals surface area (Å²) in [6.07, 6.45) is 0. The first kappa shape index (κ1) is 14.3. The molecule has 4 N–H and O–H groups in total. The summed E-state index contributed by atoms with van der Waals surface area (Å²) in [6.45, 7) is 0.351. The minimum Gasteiger partial charge on any atom is -0.409 e. The SMILES string of the molecule is NC(=NO)c1ccc(CNc2ccc(Br)cc2)c(F)c1. The molecule has 4 nitrogen and oxygen atoms in total. The van der Waals surface area contributed by atoms with Gasteiger partial charge in [-0.15, -0.1) is 0 Å². The minimum atomic E-state index is -0.404. The van der Waals surface area contributed by atoms with Gasteiger partial charge in [0, 0.05) is 27.8 Å². The van der Waals surface area contributed by atoms with Crippen LogP contribution in [0.25, 0.3) is 0 Å². The standard InChI is InChI=1S/C14H13BrFN3O/c15-11-3-5-12(6-4-11)18-8-10-2-1-9(7-13(10)16)14(17)19-20/h1-7,18,20H,8H2,(H2,17,19). The lowest BCUT2D eigenvalue weighted by Gasteiger charge is -2.08. The van der Waals surface area contributed by atoms with E-state index in [1.165, 1.54) is 6.07 Å². The second-order valence-corrected chi connectivity index (χ2v) is 5.07. The molecule has 2 aromatic rings. The third-order valence-electron chi connectivity index (χ3n) is 2.78. The van der Waals surface area contributed by atoms with Gasteiger partial charge in [0.2, 0.25) is 0 Å². The van der Waals surface area contributed by atoms with Gasteiger partial charge >= 0.3 is 0 Å². The first-order chi connectivity index (χ1) is 9.60. The minimum absolute atomic E-state index is 0.115. The number of halogens is 2. The van der Waals surface area contributed by atoms with E-state index in [1.807, 2.05) is 24.3 Å². The van der Waals surface area contributed by atoms with Crippen molar-refractivity contribution >= 4 is 27.5 Å². The summed E-state index contributed by atoms with van der Waals surface area (Å²) in [5.74, 6) is -0.518. The van der Waals surface area contributed by atoms with Gasteiger partial charge < -0.3 is 16.3 Å². The molecule has 0 aliphatic carbocycles. The van der Waals surface area contributed by atoms with Crippen LogP contribution in [0.15, 0.2) is 52.1 Å². The average molecular weight is 338 g/mol. The Balaban J connectivity index is 2.08. The third kappa shape index (κ3) is 3.48. The molecule has 104 valence electrons. The predicted octanol–water partition coefficient (Wildman–Crippen LogP) is 3.29. The molecule has 0 heterocycles. The van der Waals surface area contributed by atoms with E-state index < -0.39 is 5.82 Å². The highest BCUT2D eigenvalue weighted by Crippen LogP contribution is 2.16. The van der Waals surface area contributed by atoms with Crippen molar-refractivity contribution in [2.24, 2.45) is 10.9 Å². The van der Waals surface area contributed by atoms with Crippen LogP contribution in [0.1, 0.15) is 11.1 Å². The molecule has 0 saturated heterocycles. The fourth-order valence-electron chi connectivity index (χ4n) is 1.67. The smallest absolute Gasteiger partial charge is 0.170 e. The van der Waals surface area contributed by atoms with Gasteiger partial charge in [0.15, 0.2) is 5.84 Å². The molecule has 0 amide bonds. The van der Waals surface area contributed by atoms with E-state index in [-0.39, 0.29) is 5.84 Å². The molecule has 6 heteroatoms. The van der Waals surface area contributed by atoms with E-state index in [0.717, 1.165) is 10.2 Å². The molecular formula is C14H13BrFN3O. The zero-order valence-electron chi connectivity index (χ0n) is 10.5. The largest absolute Gasteiger partial charge is 0.409 e. The van der Waals surface area contributed by atoms with Crippen LogP contribution in [0, 0.1) is 5.82 Å². The van der Waals surface area contributed by atoms with Gasteiger partial charge in [-0.25, -0.2) is 4.39 Å². The molecule has 0 aliphatic rings. The normalized spacial score (nSPS) is 11.4. The summed E-state index contributed by atoms with van der Waals surface area (Å²) in [4.78, 5) is 0. The fraction of sp³-hybridized carbons (Fsp3) is 0.0714. The average Bonchev–Trinajstić information content (AvgIpc) is 2.46. The summed E-state index contributed by atoms with van der Waals surface area (Å²) >= 11 is 3.35. The maximum absolute atomic E-state index is 13.9. The van der Waals surface area contributed by atoms with Gasteiger partial charge in [-0.1, -0.05) is 33.2 Å². The Morgan fingerprint density at radius 2 is 1.95 bits per heavy atom. The molecule has 0 unspecified atom stereocenters. The molecule has 0 fully saturated rings. The number of amidine groups is 1. The molecule has 0 atom stereocenters. The van der Waals surface area contributed by atoms with Crippen molar-refractivity contribution in [1.29, 1.82) is 0 Å². The van der Waals surface area contributed by atoms with Crippen LogP contribution in [0.2, 0.25) is 0 Å². The maximum Gasteiger partial charge on any atom is 0.170 e. The first-order valence-corrected chi connectivity index (χ1v) is 6.65. The van der Waals surface area contributed by atoms with E-state index in [0.29, 0.717) is 17.7 Å². The Hall–Kier alpha value is -2.08. The second kappa shape index (κ2) is 6.38. The summed E-state index contributed by atoms with van der Waals surface area (Å²) < 4.78 is 14.9. The number of nitrogens with two attached hydrogens (primary N) is 1. The highest BCUT2D eigenvalue weighted by molar-refractivity contribution is 9.10. The van der Waals surface area contributed by atoms with E-state index in [9.17, 15) is 4.39 Å². The second-order valence-electron chi connectivity index (χ2n) is 4.15. The van der Waals surface area contributed by atoms with Gasteiger partial charge in [-0.05, 0) is 30.3 Å². The number of oxime groups is 1. The highest BCUT2D eigenvalue weighted by Gasteiger charge is 2.06. The van der Waals surface area contributed by atoms with Crippen LogP contribution in [0.3, 0.4) is 0 Å². The Morgan fingerprint density at radius 3 is 2.55 bits per heavy atom. The van der Waals surface area contributed by atoms with Gasteiger partial charge in [0.1, 0.15) is 5.82 Å². The molecule has 0 radical (unpaired) electrons. The summed E-state index contributed by atoms with van der Waals surface area (Å²) in [6, 6.07) is 12.1. The van der Waals surface area contributed by atoms with Crippen LogP contribution in [0.4, 0.5) is 10.1 Å². The van der Waals surface area contributed by atoms with Crippen molar-refractivity contribution in [2.45, 2.75) is 6.54 Å². The Labute approximate surface area is 124 Å². The van der Waals surface area contributed by atoms with Crippen molar-refractivity contribution in [3.8, 4) is 0 Å². The van der Waals surface area contributed by atoms with Crippen LogP contribution >= 0.6 is 15.9 Å². The zero-order valence-corrected chi connectivity index (χ0v) is 12.1. The fourth-order valence-corrected chi connectivity index (χ4v) is 1.94. The molecule has 0 bridgehead atoms. The van der Waals surface area contributed by atoms with Crippen molar-refractivity contribution in [2.75, 3.05) is 5.32 Å². The number of nitrogens with one attached hydrogen (secondary N) is 1. The molecular weight excluding hydrogens is 325 g/mol. The van der Waals surface area contributed by atoms with Crippen molar-refractivity contribution in [3.63, 3.8) is 0 Å². The number of rotatable bonds is 4. The molecule has 0 spiro atoms. The Morgan fingerprint density at radius 1 is 1.25 bits per heavy atom. The van der Waals surface area contributed by atoms with Gasteiger partial charge in [0.25, 0.3) is 0 Å². The quantitative estimate of drug-likeness (QED) is 0.347. The lowest BCUT2D eigenvalue weighted by Crippen LogP contribution is -2.14. The molecule has 2 aromatic carbocycles. The number of hydrogen-bond acceptors (Lipinski definition) is 3. The van der Waals surface area contributed by atoms with Crippen LogP contribution in [0.5, 0.6) is 0 Å². The molecule has 20 heavy (non-hydrogen) atoms. The number of hydrogen-bond donors (Lipinski definition) is 3. The van der Waals surface area contributed by atoms with Crippen molar-refractivity contribution in [1.82, 2.24) is 0 Å². The first-order valence-electron chi connectivity index (χ1n) is 5.86. The summed E-state index contributed by atoms with van der Waals surface area (Å²) in [5.41, 5.74) is 7.15. The molecule has 0 saturated carbocycles. The lowest BCUT2D eigenvalue weighted by molar-refractivity contribution is 0.318. The van der Waals surface area contributed by atoms with E-state index in [4.69, 9.17) is 10.9 Å². The van der Waals surface area contributed by atoms with Crippen molar-refractivity contribution < 1.29 is 9.60 Å². The highest BCUT2D eigenvalue weighted by atomic mass is 79.9. The number of anilines is 1. The molecule has 0 aliphatic heterocycles. The lowest BCUT2D eigenvalue weighted by atomic mass is 10.1. The van der Waals surface area contributed by atoms with Crippen LogP contribution in [-0.2, 0) is 6.54 Å². The molecule has 0 aromatic heterocycles. The van der Waals surface area contributed by atoms with Gasteiger partial charge in [-0.2, -0.15) is 0 Å². The Bertz CT molecular complexity index is 629. The van der Waals surface area contributed by atoms with E-state index >= 15 is 0 Å². The van der Waals surface area contributed by atoms with Crippen LogP contribution < -0.4 is 11.1 Å².